The summed E-state index contributed by atoms with van der Waals surface area (Å²) < 4.78 is 29.2. The summed E-state index contributed by atoms with van der Waals surface area (Å²) in [5.74, 6) is -0.145. The van der Waals surface area contributed by atoms with Crippen LogP contribution >= 0.6 is 0 Å². The van der Waals surface area contributed by atoms with E-state index in [1.165, 1.54) is 39.2 Å². The van der Waals surface area contributed by atoms with Crippen LogP contribution in [0, 0.1) is 0 Å². The molecule has 0 N–H and O–H groups in total. The number of benzene rings is 1. The normalized spacial score (nSPS) is 19.9. The zero-order valence-electron chi connectivity index (χ0n) is 20.0. The molecule has 1 saturated carbocycles. The molecule has 0 unspecified atom stereocenters. The van der Waals surface area contributed by atoms with Crippen LogP contribution in [0.15, 0.2) is 23.1 Å². The molecular formula is C23H36N6O3S. The van der Waals surface area contributed by atoms with Crippen LogP contribution in [0.2, 0.25) is 0 Å². The Labute approximate surface area is 196 Å². The summed E-state index contributed by atoms with van der Waals surface area (Å²) in [4.78, 5) is 17.3. The maximum absolute atomic E-state index is 13.1. The Hall–Kier alpha value is -2.04. The Morgan fingerprint density at radius 2 is 1.85 bits per heavy atom. The lowest BCUT2D eigenvalue weighted by molar-refractivity contribution is -0.133. The average molecular weight is 477 g/mol. The molecule has 2 aliphatic rings. The Bertz CT molecular complexity index is 1070. The van der Waals surface area contributed by atoms with E-state index >= 15 is 0 Å². The number of carbonyl (C=O) groups excluding carboxylic acids is 1. The van der Waals surface area contributed by atoms with Crippen molar-refractivity contribution in [3.05, 3.63) is 18.2 Å². The van der Waals surface area contributed by atoms with E-state index in [-0.39, 0.29) is 23.4 Å². The minimum atomic E-state index is -3.81. The van der Waals surface area contributed by atoms with Gasteiger partial charge in [-0.1, -0.05) is 31.4 Å². The van der Waals surface area contributed by atoms with Crippen LogP contribution in [0.5, 0.6) is 0 Å². The van der Waals surface area contributed by atoms with Gasteiger partial charge in [0, 0.05) is 39.3 Å². The van der Waals surface area contributed by atoms with Crippen molar-refractivity contribution in [2.24, 2.45) is 0 Å². The van der Waals surface area contributed by atoms with Crippen LogP contribution in [0.4, 0.5) is 0 Å². The van der Waals surface area contributed by atoms with Gasteiger partial charge in [-0.15, -0.1) is 5.10 Å². The van der Waals surface area contributed by atoms with Crippen molar-refractivity contribution < 1.29 is 13.2 Å². The van der Waals surface area contributed by atoms with Crippen LogP contribution in [0.25, 0.3) is 11.0 Å². The van der Waals surface area contributed by atoms with Gasteiger partial charge in [-0.05, 0) is 44.4 Å². The van der Waals surface area contributed by atoms with Gasteiger partial charge in [0.25, 0.3) is 0 Å². The number of sulfonamides is 1. The van der Waals surface area contributed by atoms with Crippen LogP contribution in [-0.4, -0.2) is 89.2 Å². The number of hydrogen-bond acceptors (Lipinski definition) is 6. The molecule has 9 nitrogen and oxygen atoms in total. The number of rotatable bonds is 7. The number of amides is 1. The van der Waals surface area contributed by atoms with Crippen molar-refractivity contribution in [2.45, 2.75) is 69.4 Å². The molecule has 1 saturated heterocycles. The van der Waals surface area contributed by atoms with Crippen molar-refractivity contribution in [2.75, 3.05) is 39.8 Å². The van der Waals surface area contributed by atoms with Crippen LogP contribution < -0.4 is 0 Å². The zero-order chi connectivity index (χ0) is 23.6. The molecule has 182 valence electrons. The second-order valence-corrected chi connectivity index (χ2v) is 11.5. The smallest absolute Gasteiger partial charge is 0.243 e. The third kappa shape index (κ3) is 5.07. The SMILES string of the molecule is CC[C@@H](C)n1nnc2cc(S(=O)(=O)N(C)CC(=O)N3CCN(C4CCCCC4)CC3)ccc21. The quantitative estimate of drug-likeness (QED) is 0.610. The minimum Gasteiger partial charge on any atom is -0.339 e. The van der Waals surface area contributed by atoms with Gasteiger partial charge < -0.3 is 4.90 Å². The maximum Gasteiger partial charge on any atom is 0.243 e. The molecular weight excluding hydrogens is 440 g/mol. The number of hydrogen-bond donors (Lipinski definition) is 0. The standard InChI is InChI=1S/C23H36N6O3S/c1-4-18(2)29-22-11-10-20(16-21(22)24-25-29)33(31,32)26(3)17-23(30)28-14-12-27(13-15-28)19-8-6-5-7-9-19/h10-11,16,18-19H,4-9,12-15,17H2,1-3H3/t18-/m1/s1. The van der Waals surface area contributed by atoms with Crippen LogP contribution in [0.1, 0.15) is 58.4 Å². The first-order valence-electron chi connectivity index (χ1n) is 12.1. The maximum atomic E-state index is 13.1. The third-order valence-electron chi connectivity index (χ3n) is 7.28. The summed E-state index contributed by atoms with van der Waals surface area (Å²) in [5.41, 5.74) is 1.34. The van der Waals surface area contributed by atoms with Crippen molar-refractivity contribution >= 4 is 27.0 Å². The fraction of sp³-hybridized carbons (Fsp3) is 0.696. The Balaban J connectivity index is 1.38. The van der Waals surface area contributed by atoms with Crippen LogP contribution in [0.3, 0.4) is 0 Å². The number of likely N-dealkylation sites (N-methyl/N-ethyl adjacent to an activating group) is 1. The summed E-state index contributed by atoms with van der Waals surface area (Å²) >= 11 is 0. The number of aromatic nitrogens is 3. The number of piperazine rings is 1. The molecule has 2 aromatic rings. The van der Waals surface area contributed by atoms with E-state index in [0.29, 0.717) is 24.6 Å². The molecule has 1 aromatic heterocycles. The number of carbonyl (C=O) groups is 1. The van der Waals surface area contributed by atoms with E-state index in [1.807, 2.05) is 11.6 Å². The molecule has 1 aliphatic carbocycles. The van der Waals surface area contributed by atoms with E-state index in [2.05, 4.69) is 22.1 Å². The van der Waals surface area contributed by atoms with Crippen molar-refractivity contribution in [1.82, 2.24) is 29.1 Å². The monoisotopic (exact) mass is 476 g/mol. The lowest BCUT2D eigenvalue weighted by Crippen LogP contribution is -2.54. The van der Waals surface area contributed by atoms with Gasteiger partial charge in [-0.2, -0.15) is 4.31 Å². The molecule has 2 heterocycles. The van der Waals surface area contributed by atoms with Gasteiger partial charge in [-0.3, -0.25) is 9.69 Å². The molecule has 2 fully saturated rings. The van der Waals surface area contributed by atoms with Gasteiger partial charge in [0.05, 0.1) is 23.0 Å². The number of fused-ring (bicyclic) bond motifs is 1. The predicted molar refractivity (Wildman–Crippen MR) is 127 cm³/mol. The van der Waals surface area contributed by atoms with Gasteiger partial charge >= 0.3 is 0 Å². The molecule has 0 bridgehead atoms. The summed E-state index contributed by atoms with van der Waals surface area (Å²) in [6.45, 7) is 7.02. The van der Waals surface area contributed by atoms with E-state index in [0.717, 1.165) is 29.3 Å². The topological polar surface area (TPSA) is 91.6 Å². The fourth-order valence-electron chi connectivity index (χ4n) is 4.92. The molecule has 4 rings (SSSR count). The first-order chi connectivity index (χ1) is 15.8. The highest BCUT2D eigenvalue weighted by Gasteiger charge is 2.30. The largest absolute Gasteiger partial charge is 0.339 e. The second-order valence-electron chi connectivity index (χ2n) is 9.41. The van der Waals surface area contributed by atoms with Crippen molar-refractivity contribution in [1.29, 1.82) is 0 Å². The van der Waals surface area contributed by atoms with E-state index in [4.69, 9.17) is 0 Å². The molecule has 1 aromatic carbocycles. The lowest BCUT2D eigenvalue weighted by atomic mass is 9.94. The molecule has 0 spiro atoms. The predicted octanol–water partition coefficient (Wildman–Crippen LogP) is 2.50. The molecule has 1 amide bonds. The summed E-state index contributed by atoms with van der Waals surface area (Å²) in [5, 5.41) is 8.33. The Morgan fingerprint density at radius 1 is 1.15 bits per heavy atom. The summed E-state index contributed by atoms with van der Waals surface area (Å²) in [6.07, 6.45) is 7.34. The minimum absolute atomic E-state index is 0.128. The Kier molecular flexibility index (Phi) is 7.35. The van der Waals surface area contributed by atoms with Crippen molar-refractivity contribution in [3.63, 3.8) is 0 Å². The Morgan fingerprint density at radius 3 is 2.52 bits per heavy atom. The second kappa shape index (κ2) is 10.1. The first kappa shape index (κ1) is 24.1. The highest BCUT2D eigenvalue weighted by atomic mass is 32.2. The highest BCUT2D eigenvalue weighted by molar-refractivity contribution is 7.89. The fourth-order valence-corrected chi connectivity index (χ4v) is 6.06. The lowest BCUT2D eigenvalue weighted by Gasteiger charge is -2.41. The molecule has 0 radical (unpaired) electrons. The van der Waals surface area contributed by atoms with Gasteiger partial charge in [0.15, 0.2) is 0 Å². The van der Waals surface area contributed by atoms with E-state index in [9.17, 15) is 13.2 Å². The van der Waals surface area contributed by atoms with Gasteiger partial charge in [0.1, 0.15) is 5.52 Å². The third-order valence-corrected chi connectivity index (χ3v) is 9.07. The first-order valence-corrected chi connectivity index (χ1v) is 13.6. The van der Waals surface area contributed by atoms with Gasteiger partial charge in [-0.25, -0.2) is 13.1 Å². The average Bonchev–Trinajstić information content (AvgIpc) is 3.27. The molecule has 1 atom stereocenters. The molecule has 33 heavy (non-hydrogen) atoms. The summed E-state index contributed by atoms with van der Waals surface area (Å²) in [7, 11) is -2.35. The van der Waals surface area contributed by atoms with Crippen molar-refractivity contribution in [3.8, 4) is 0 Å². The van der Waals surface area contributed by atoms with E-state index in [1.54, 1.807) is 23.1 Å². The van der Waals surface area contributed by atoms with E-state index < -0.39 is 10.0 Å². The molecule has 1 aliphatic heterocycles. The summed E-state index contributed by atoms with van der Waals surface area (Å²) in [6, 6.07) is 5.68. The molecule has 10 heteroatoms. The van der Waals surface area contributed by atoms with Gasteiger partial charge in [0.2, 0.25) is 15.9 Å². The van der Waals surface area contributed by atoms with Crippen LogP contribution in [-0.2, 0) is 14.8 Å². The number of nitrogens with zero attached hydrogens (tertiary/aromatic N) is 6. The zero-order valence-corrected chi connectivity index (χ0v) is 20.8. The highest BCUT2D eigenvalue weighted by Crippen LogP contribution is 2.25.